The normalized spacial score (nSPS) is 10.4. The molecule has 0 aromatic carbocycles. The van der Waals surface area contributed by atoms with Gasteiger partial charge in [0.25, 0.3) is 23.6 Å². The molecule has 0 saturated heterocycles. The van der Waals surface area contributed by atoms with Gasteiger partial charge >= 0.3 is 6.96 Å². The van der Waals surface area contributed by atoms with Crippen LogP contribution in [0.25, 0.3) is 0 Å². The van der Waals surface area contributed by atoms with E-state index in [4.69, 9.17) is 18.6 Å². The van der Waals surface area contributed by atoms with Crippen LogP contribution in [0.1, 0.15) is 27.7 Å². The molecule has 0 bridgehead atoms. The van der Waals surface area contributed by atoms with Gasteiger partial charge in [0.1, 0.15) is 56.4 Å². The second-order valence-corrected chi connectivity index (χ2v) is 6.70. The van der Waals surface area contributed by atoms with Gasteiger partial charge in [-0.05, 0) is 0 Å². The molecule has 8 nitrogen and oxygen atoms in total. The van der Waals surface area contributed by atoms with E-state index in [1.54, 1.807) is 0 Å². The minimum Gasteiger partial charge on any atom is -0.566 e. The quantitative estimate of drug-likeness (QED) is 0.313. The molecule has 0 fully saturated rings. The summed E-state index contributed by atoms with van der Waals surface area (Å²) in [6, 6.07) is 0. The molecule has 0 aromatic heterocycles. The molecule has 9 heteroatoms. The van der Waals surface area contributed by atoms with Crippen LogP contribution in [-0.2, 0) is 18.6 Å². The number of nitrogens with zero attached hydrogens (tertiary/aromatic N) is 4. The van der Waals surface area contributed by atoms with Crippen molar-refractivity contribution in [2.24, 2.45) is 0 Å². The zero-order chi connectivity index (χ0) is 19.9. The SMILES string of the molecule is CC(O[B-](OC(C)=[N+](C)C)(OC(C)=[N+](C)C)OC(C)=[N+](C)C)=[N+](C)C. The summed E-state index contributed by atoms with van der Waals surface area (Å²) in [4.78, 5) is 0. The fourth-order valence-electron chi connectivity index (χ4n) is 1.40. The Kier molecular flexibility index (Phi) is 8.66. The van der Waals surface area contributed by atoms with E-state index >= 15 is 0 Å². The van der Waals surface area contributed by atoms with E-state index in [2.05, 4.69) is 0 Å². The smallest absolute Gasteiger partial charge is 0.566 e. The Bertz CT molecular complexity index is 498. The zero-order valence-corrected chi connectivity index (χ0v) is 18.0. The Hall–Kier alpha value is -2.06. The van der Waals surface area contributed by atoms with Gasteiger partial charge < -0.3 is 18.6 Å². The van der Waals surface area contributed by atoms with Crippen molar-refractivity contribution < 1.29 is 36.9 Å². The third kappa shape index (κ3) is 7.58. The van der Waals surface area contributed by atoms with Crippen molar-refractivity contribution in [2.45, 2.75) is 27.7 Å². The van der Waals surface area contributed by atoms with Crippen molar-refractivity contribution in [3.05, 3.63) is 0 Å². The van der Waals surface area contributed by atoms with Crippen molar-refractivity contribution in [2.75, 3.05) is 56.4 Å². The fourth-order valence-corrected chi connectivity index (χ4v) is 1.40. The van der Waals surface area contributed by atoms with E-state index in [1.165, 1.54) is 0 Å². The van der Waals surface area contributed by atoms with Gasteiger partial charge in [0, 0.05) is 0 Å². The van der Waals surface area contributed by atoms with E-state index in [1.807, 2.05) is 102 Å². The highest BCUT2D eigenvalue weighted by Crippen LogP contribution is 2.15. The van der Waals surface area contributed by atoms with Gasteiger partial charge in [0.15, 0.2) is 0 Å². The largest absolute Gasteiger partial charge is 0.791 e. The highest BCUT2D eigenvalue weighted by molar-refractivity contribution is 6.60. The Balaban J connectivity index is 6.28. The average molecular weight is 359 g/mol. The van der Waals surface area contributed by atoms with Crippen LogP contribution in [0.5, 0.6) is 0 Å². The Morgan fingerprint density at radius 2 is 0.600 bits per heavy atom. The summed E-state index contributed by atoms with van der Waals surface area (Å²) >= 11 is 0. The molecule has 0 aliphatic heterocycles. The predicted octanol–water partition coefficient (Wildman–Crippen LogP) is 0.250. The second-order valence-electron chi connectivity index (χ2n) is 6.70. The fraction of sp³-hybridized carbons (Fsp3) is 0.750. The van der Waals surface area contributed by atoms with Crippen LogP contribution in [0.3, 0.4) is 0 Å². The highest BCUT2D eigenvalue weighted by Gasteiger charge is 2.48. The molecule has 144 valence electrons. The molecule has 0 aromatic rings. The lowest BCUT2D eigenvalue weighted by molar-refractivity contribution is -0.480. The molecule has 0 aliphatic carbocycles. The van der Waals surface area contributed by atoms with Crippen LogP contribution in [0.15, 0.2) is 0 Å². The second kappa shape index (κ2) is 9.43. The molecule has 0 N–H and O–H groups in total. The molecule has 0 unspecified atom stereocenters. The summed E-state index contributed by atoms with van der Waals surface area (Å²) in [7, 11) is 15.0. The van der Waals surface area contributed by atoms with E-state index < -0.39 is 6.96 Å². The third-order valence-electron chi connectivity index (χ3n) is 3.78. The van der Waals surface area contributed by atoms with Crippen molar-refractivity contribution in [1.82, 2.24) is 0 Å². The van der Waals surface area contributed by atoms with E-state index in [9.17, 15) is 0 Å². The lowest BCUT2D eigenvalue weighted by Crippen LogP contribution is -2.55. The van der Waals surface area contributed by atoms with Crippen molar-refractivity contribution in [1.29, 1.82) is 0 Å². The number of hydrogen-bond acceptors (Lipinski definition) is 4. The molecule has 0 amide bonds. The summed E-state index contributed by atoms with van der Waals surface area (Å²) in [5.74, 6) is 2.41. The van der Waals surface area contributed by atoms with E-state index in [0.29, 0.717) is 23.6 Å². The molecule has 0 atom stereocenters. The maximum atomic E-state index is 6.06. The zero-order valence-electron chi connectivity index (χ0n) is 18.0. The van der Waals surface area contributed by atoms with Crippen molar-refractivity contribution in [3.8, 4) is 0 Å². The molecule has 0 rings (SSSR count). The summed E-state index contributed by atoms with van der Waals surface area (Å²) in [6.45, 7) is 4.69. The van der Waals surface area contributed by atoms with Crippen LogP contribution < -0.4 is 0 Å². The monoisotopic (exact) mass is 359 g/mol. The lowest BCUT2D eigenvalue weighted by Gasteiger charge is -2.36. The minimum atomic E-state index is -2.62. The van der Waals surface area contributed by atoms with Gasteiger partial charge in [-0.25, -0.2) is 18.3 Å². The van der Waals surface area contributed by atoms with Crippen LogP contribution in [0.4, 0.5) is 0 Å². The van der Waals surface area contributed by atoms with Crippen LogP contribution in [-0.4, -0.2) is 105 Å². The minimum absolute atomic E-state index is 0.602. The first kappa shape index (κ1) is 22.9. The van der Waals surface area contributed by atoms with Gasteiger partial charge in [0.2, 0.25) is 0 Å². The molecule has 0 aliphatic rings. The topological polar surface area (TPSA) is 49.0 Å². The first-order valence-electron chi connectivity index (χ1n) is 8.23. The summed E-state index contributed by atoms with van der Waals surface area (Å²) in [6.07, 6.45) is 0. The summed E-state index contributed by atoms with van der Waals surface area (Å²) in [5, 5.41) is 0. The van der Waals surface area contributed by atoms with Gasteiger partial charge in [-0.1, -0.05) is 0 Å². The predicted molar refractivity (Wildman–Crippen MR) is 101 cm³/mol. The lowest BCUT2D eigenvalue weighted by atomic mass is 10.0. The van der Waals surface area contributed by atoms with Gasteiger partial charge in [-0.15, -0.1) is 0 Å². The third-order valence-corrected chi connectivity index (χ3v) is 3.78. The maximum Gasteiger partial charge on any atom is 0.791 e. The van der Waals surface area contributed by atoms with Crippen molar-refractivity contribution >= 4 is 30.5 Å². The first-order chi connectivity index (χ1) is 11.3. The average Bonchev–Trinajstić information content (AvgIpc) is 2.46. The van der Waals surface area contributed by atoms with Gasteiger partial charge in [-0.2, -0.15) is 0 Å². The van der Waals surface area contributed by atoms with Crippen molar-refractivity contribution in [3.63, 3.8) is 0 Å². The molecule has 0 heterocycles. The standard InChI is InChI=1S/C16H36BN4O4/c1-13(18(5)6)22-17(23-14(2)19(7)8,24-15(3)20(9)10)25-16(4)21(11)12/h1-12H3/q+3. The Morgan fingerprint density at radius 1 is 0.440 bits per heavy atom. The van der Waals surface area contributed by atoms with E-state index in [0.717, 1.165) is 0 Å². The Morgan fingerprint density at radius 3 is 0.720 bits per heavy atom. The number of rotatable bonds is 4. The molecular formula is C16H36BN4O4+3. The van der Waals surface area contributed by atoms with E-state index in [-0.39, 0.29) is 0 Å². The van der Waals surface area contributed by atoms with Crippen LogP contribution in [0.2, 0.25) is 0 Å². The maximum absolute atomic E-state index is 6.06. The molecule has 0 spiro atoms. The number of hydrogen-bond donors (Lipinski definition) is 0. The Labute approximate surface area is 152 Å². The van der Waals surface area contributed by atoms with Crippen LogP contribution >= 0.6 is 0 Å². The summed E-state index contributed by atoms with van der Waals surface area (Å²) in [5.41, 5.74) is 0. The summed E-state index contributed by atoms with van der Waals surface area (Å²) < 4.78 is 31.5. The molecular weight excluding hydrogens is 323 g/mol. The molecule has 25 heavy (non-hydrogen) atoms. The molecule has 0 saturated carbocycles. The molecule has 0 radical (unpaired) electrons. The van der Waals surface area contributed by atoms with Crippen LogP contribution in [0, 0.1) is 0 Å². The van der Waals surface area contributed by atoms with Gasteiger partial charge in [-0.3, -0.25) is 0 Å². The van der Waals surface area contributed by atoms with Gasteiger partial charge in [0.05, 0.1) is 27.7 Å². The highest BCUT2D eigenvalue weighted by atomic mass is 16.9. The first-order valence-corrected chi connectivity index (χ1v) is 8.23.